The van der Waals surface area contributed by atoms with E-state index in [-0.39, 0.29) is 11.7 Å². The molecule has 0 aliphatic heterocycles. The maximum absolute atomic E-state index is 13.2. The lowest BCUT2D eigenvalue weighted by Gasteiger charge is -2.13. The number of hydrogen-bond donors (Lipinski definition) is 1. The number of hydrogen-bond acceptors (Lipinski definition) is 3. The van der Waals surface area contributed by atoms with Gasteiger partial charge < -0.3 is 14.6 Å². The average Bonchev–Trinajstić information content (AvgIpc) is 3.30. The first-order chi connectivity index (χ1) is 11.0. The number of carbonyl (C=O) groups excluding carboxylic acids is 1. The Balaban J connectivity index is 1.51. The van der Waals surface area contributed by atoms with Crippen LogP contribution in [-0.2, 0) is 23.0 Å². The van der Waals surface area contributed by atoms with E-state index in [1.165, 1.54) is 25.0 Å². The van der Waals surface area contributed by atoms with Crippen LogP contribution in [0.3, 0.4) is 0 Å². The molecule has 0 spiro atoms. The Morgan fingerprint density at radius 3 is 3.04 bits per heavy atom. The lowest BCUT2D eigenvalue weighted by atomic mass is 10.3. The van der Waals surface area contributed by atoms with Gasteiger partial charge in [-0.25, -0.2) is 9.37 Å². The van der Waals surface area contributed by atoms with Crippen molar-refractivity contribution in [3.8, 4) is 0 Å². The van der Waals surface area contributed by atoms with Crippen LogP contribution in [0.4, 0.5) is 4.39 Å². The highest BCUT2D eigenvalue weighted by Crippen LogP contribution is 2.29. The molecule has 1 aromatic carbocycles. The van der Waals surface area contributed by atoms with Gasteiger partial charge in [-0.1, -0.05) is 0 Å². The van der Waals surface area contributed by atoms with Crippen molar-refractivity contribution in [3.05, 3.63) is 29.8 Å². The Morgan fingerprint density at radius 2 is 2.30 bits per heavy atom. The first kappa shape index (κ1) is 15.9. The van der Waals surface area contributed by atoms with Gasteiger partial charge in [-0.05, 0) is 37.8 Å². The number of amides is 1. The smallest absolute Gasteiger partial charge is 0.248 e. The molecule has 5 nitrogen and oxygen atoms in total. The van der Waals surface area contributed by atoms with Crippen molar-refractivity contribution in [2.45, 2.75) is 32.3 Å². The van der Waals surface area contributed by atoms with E-state index in [1.54, 1.807) is 13.0 Å². The number of rotatable bonds is 7. The van der Waals surface area contributed by atoms with E-state index in [9.17, 15) is 9.18 Å². The van der Waals surface area contributed by atoms with E-state index < -0.39 is 6.10 Å². The Labute approximate surface area is 134 Å². The second-order valence-electron chi connectivity index (χ2n) is 6.18. The van der Waals surface area contributed by atoms with Crippen molar-refractivity contribution >= 4 is 16.9 Å². The molecule has 1 aromatic heterocycles. The van der Waals surface area contributed by atoms with Crippen LogP contribution in [0.1, 0.15) is 25.6 Å². The maximum atomic E-state index is 13.2. The number of ether oxygens (including phenoxy) is 1. The molecule has 0 bridgehead atoms. The van der Waals surface area contributed by atoms with Gasteiger partial charge in [0.05, 0.1) is 17.6 Å². The second-order valence-corrected chi connectivity index (χ2v) is 6.18. The zero-order valence-corrected chi connectivity index (χ0v) is 13.5. The first-order valence-corrected chi connectivity index (χ1v) is 8.05. The molecule has 1 aliphatic rings. The second kappa shape index (κ2) is 6.66. The molecule has 1 atom stereocenters. The molecule has 0 saturated heterocycles. The topological polar surface area (TPSA) is 56.1 Å². The summed E-state index contributed by atoms with van der Waals surface area (Å²) in [5, 5.41) is 2.87. The number of nitrogens with zero attached hydrogens (tertiary/aromatic N) is 2. The van der Waals surface area contributed by atoms with E-state index in [0.29, 0.717) is 31.0 Å². The largest absolute Gasteiger partial charge is 0.368 e. The van der Waals surface area contributed by atoms with E-state index in [0.717, 1.165) is 11.3 Å². The number of halogens is 1. The van der Waals surface area contributed by atoms with E-state index >= 15 is 0 Å². The summed E-state index contributed by atoms with van der Waals surface area (Å²) < 4.78 is 20.7. The fraction of sp³-hybridized carbons (Fsp3) is 0.529. The van der Waals surface area contributed by atoms with Crippen LogP contribution in [0.15, 0.2) is 18.2 Å². The molecule has 1 unspecified atom stereocenters. The van der Waals surface area contributed by atoms with Crippen molar-refractivity contribution in [3.63, 3.8) is 0 Å². The maximum Gasteiger partial charge on any atom is 0.248 e. The molecule has 1 amide bonds. The van der Waals surface area contributed by atoms with Crippen LogP contribution in [0.25, 0.3) is 11.0 Å². The summed E-state index contributed by atoms with van der Waals surface area (Å²) in [5.41, 5.74) is 1.52. The highest BCUT2D eigenvalue weighted by Gasteiger charge is 2.23. The third kappa shape index (κ3) is 3.88. The predicted molar refractivity (Wildman–Crippen MR) is 85.5 cm³/mol. The fourth-order valence-corrected chi connectivity index (χ4v) is 2.53. The Hall–Kier alpha value is -1.95. The quantitative estimate of drug-likeness (QED) is 0.851. The van der Waals surface area contributed by atoms with E-state index in [1.807, 2.05) is 11.6 Å². The summed E-state index contributed by atoms with van der Waals surface area (Å²) in [4.78, 5) is 16.4. The van der Waals surface area contributed by atoms with Gasteiger partial charge in [0, 0.05) is 26.1 Å². The Bertz CT molecular complexity index is 709. The van der Waals surface area contributed by atoms with Gasteiger partial charge in [-0.3, -0.25) is 4.79 Å². The van der Waals surface area contributed by atoms with E-state index in [4.69, 9.17) is 4.74 Å². The predicted octanol–water partition coefficient (Wildman–Crippen LogP) is 2.19. The third-order valence-corrected chi connectivity index (χ3v) is 4.23. The molecule has 0 radical (unpaired) electrons. The monoisotopic (exact) mass is 319 g/mol. The molecule has 2 aromatic rings. The summed E-state index contributed by atoms with van der Waals surface area (Å²) in [5.74, 6) is 1.07. The van der Waals surface area contributed by atoms with Crippen LogP contribution in [0.2, 0.25) is 0 Å². The van der Waals surface area contributed by atoms with Gasteiger partial charge in [0.25, 0.3) is 0 Å². The van der Waals surface area contributed by atoms with Gasteiger partial charge in [-0.15, -0.1) is 0 Å². The minimum absolute atomic E-state index is 0.101. The molecular weight excluding hydrogens is 297 g/mol. The van der Waals surface area contributed by atoms with Crippen molar-refractivity contribution in [2.75, 3.05) is 13.2 Å². The van der Waals surface area contributed by atoms with Crippen LogP contribution in [-0.4, -0.2) is 34.7 Å². The summed E-state index contributed by atoms with van der Waals surface area (Å²) in [6, 6.07) is 4.56. The molecule has 1 saturated carbocycles. The fourth-order valence-electron chi connectivity index (χ4n) is 2.53. The number of fused-ring (bicyclic) bond motifs is 1. The zero-order chi connectivity index (χ0) is 16.4. The van der Waals surface area contributed by atoms with Crippen LogP contribution >= 0.6 is 0 Å². The molecule has 1 heterocycles. The molecule has 3 rings (SSSR count). The number of imidazole rings is 1. The Morgan fingerprint density at radius 1 is 1.52 bits per heavy atom. The van der Waals surface area contributed by atoms with Crippen LogP contribution in [0.5, 0.6) is 0 Å². The highest BCUT2D eigenvalue weighted by molar-refractivity contribution is 5.80. The standard InChI is InChI=1S/C17H22FN3O2/c1-11(23-10-12-3-4-12)17(22)19-8-7-16-20-14-9-13(18)5-6-15(14)21(16)2/h5-6,9,11-12H,3-4,7-8,10H2,1-2H3,(H,19,22). The van der Waals surface area contributed by atoms with E-state index in [2.05, 4.69) is 10.3 Å². The normalized spacial score (nSPS) is 15.8. The third-order valence-electron chi connectivity index (χ3n) is 4.23. The minimum Gasteiger partial charge on any atom is -0.368 e. The SMILES string of the molecule is CC(OCC1CC1)C(=O)NCCc1nc2cc(F)ccc2n1C. The minimum atomic E-state index is -0.426. The van der Waals surface area contributed by atoms with Gasteiger partial charge in [0.2, 0.25) is 5.91 Å². The Kier molecular flexibility index (Phi) is 4.61. The molecule has 124 valence electrons. The van der Waals surface area contributed by atoms with Crippen LogP contribution < -0.4 is 5.32 Å². The van der Waals surface area contributed by atoms with Gasteiger partial charge in [0.1, 0.15) is 17.7 Å². The zero-order valence-electron chi connectivity index (χ0n) is 13.5. The molecule has 6 heteroatoms. The molecule has 23 heavy (non-hydrogen) atoms. The molecule has 1 fully saturated rings. The summed E-state index contributed by atoms with van der Waals surface area (Å²) >= 11 is 0. The number of aryl methyl sites for hydroxylation is 1. The summed E-state index contributed by atoms with van der Waals surface area (Å²) in [6.45, 7) is 2.93. The number of nitrogens with one attached hydrogen (secondary N) is 1. The van der Waals surface area contributed by atoms with Crippen molar-refractivity contribution in [1.82, 2.24) is 14.9 Å². The molecular formula is C17H22FN3O2. The molecule has 1 aliphatic carbocycles. The van der Waals surface area contributed by atoms with Crippen LogP contribution in [0, 0.1) is 11.7 Å². The summed E-state index contributed by atoms with van der Waals surface area (Å²) in [7, 11) is 1.89. The first-order valence-electron chi connectivity index (χ1n) is 8.05. The lowest BCUT2D eigenvalue weighted by molar-refractivity contribution is -0.131. The average molecular weight is 319 g/mol. The van der Waals surface area contributed by atoms with Crippen molar-refractivity contribution in [1.29, 1.82) is 0 Å². The van der Waals surface area contributed by atoms with Crippen molar-refractivity contribution in [2.24, 2.45) is 13.0 Å². The number of benzene rings is 1. The summed E-state index contributed by atoms with van der Waals surface area (Å²) in [6.07, 6.45) is 2.59. The number of aromatic nitrogens is 2. The molecule has 1 N–H and O–H groups in total. The lowest BCUT2D eigenvalue weighted by Crippen LogP contribution is -2.36. The van der Waals surface area contributed by atoms with Gasteiger partial charge in [0.15, 0.2) is 0 Å². The number of carbonyl (C=O) groups is 1. The van der Waals surface area contributed by atoms with Gasteiger partial charge in [-0.2, -0.15) is 0 Å². The highest BCUT2D eigenvalue weighted by atomic mass is 19.1. The van der Waals surface area contributed by atoms with Gasteiger partial charge >= 0.3 is 0 Å². The van der Waals surface area contributed by atoms with Crippen molar-refractivity contribution < 1.29 is 13.9 Å².